The molecule has 0 unspecified atom stereocenters. The topological polar surface area (TPSA) is 55.3 Å². The summed E-state index contributed by atoms with van der Waals surface area (Å²) in [4.78, 5) is 6.41. The van der Waals surface area contributed by atoms with Crippen LogP contribution in [-0.2, 0) is 13.1 Å². The molecule has 0 aliphatic rings. The first-order valence-electron chi connectivity index (χ1n) is 8.37. The fourth-order valence-corrected chi connectivity index (χ4v) is 2.66. The smallest absolute Gasteiger partial charge is 0.193 e. The van der Waals surface area contributed by atoms with Gasteiger partial charge in [0.2, 0.25) is 0 Å². The molecule has 6 heteroatoms. The molecule has 0 aliphatic carbocycles. The van der Waals surface area contributed by atoms with Crippen LogP contribution in [0.15, 0.2) is 47.5 Å². The van der Waals surface area contributed by atoms with Crippen LogP contribution in [0.3, 0.4) is 0 Å². The van der Waals surface area contributed by atoms with E-state index >= 15 is 0 Å². The van der Waals surface area contributed by atoms with Gasteiger partial charge < -0.3 is 24.4 Å². The Bertz CT molecular complexity index is 747. The van der Waals surface area contributed by atoms with Gasteiger partial charge in [-0.05, 0) is 29.8 Å². The molecule has 2 aromatic carbocycles. The summed E-state index contributed by atoms with van der Waals surface area (Å²) in [7, 11) is 8.74. The average molecular weight is 357 g/mol. The number of hydrogen-bond acceptors (Lipinski definition) is 4. The first-order valence-corrected chi connectivity index (χ1v) is 8.37. The summed E-state index contributed by atoms with van der Waals surface area (Å²) in [6, 6.07) is 13.8. The summed E-state index contributed by atoms with van der Waals surface area (Å²) in [5.74, 6) is 3.20. The molecule has 0 heterocycles. The van der Waals surface area contributed by atoms with E-state index in [0.717, 1.165) is 34.3 Å². The van der Waals surface area contributed by atoms with Gasteiger partial charge in [-0.3, -0.25) is 4.99 Å². The number of guanidine groups is 1. The third kappa shape index (κ3) is 5.05. The molecule has 26 heavy (non-hydrogen) atoms. The second-order valence-corrected chi connectivity index (χ2v) is 5.79. The van der Waals surface area contributed by atoms with Crippen LogP contribution in [0.4, 0.5) is 0 Å². The van der Waals surface area contributed by atoms with Crippen molar-refractivity contribution >= 4 is 5.96 Å². The zero-order chi connectivity index (χ0) is 18.9. The molecule has 0 bridgehead atoms. The molecule has 0 radical (unpaired) electrons. The van der Waals surface area contributed by atoms with E-state index in [0.29, 0.717) is 13.1 Å². The Morgan fingerprint density at radius 1 is 1.00 bits per heavy atom. The van der Waals surface area contributed by atoms with E-state index in [2.05, 4.69) is 16.4 Å². The molecule has 6 nitrogen and oxygen atoms in total. The van der Waals surface area contributed by atoms with Gasteiger partial charge in [-0.2, -0.15) is 0 Å². The van der Waals surface area contributed by atoms with Gasteiger partial charge in [0.05, 0.1) is 21.3 Å². The Kier molecular flexibility index (Phi) is 7.14. The minimum Gasteiger partial charge on any atom is -0.497 e. The molecule has 2 rings (SSSR count). The molecule has 0 aliphatic heterocycles. The Morgan fingerprint density at radius 3 is 2.38 bits per heavy atom. The van der Waals surface area contributed by atoms with Gasteiger partial charge in [-0.25, -0.2) is 0 Å². The van der Waals surface area contributed by atoms with Crippen molar-refractivity contribution < 1.29 is 14.2 Å². The Morgan fingerprint density at radius 2 is 1.73 bits per heavy atom. The lowest BCUT2D eigenvalue weighted by Crippen LogP contribution is -2.38. The lowest BCUT2D eigenvalue weighted by molar-refractivity contribution is 0.382. The van der Waals surface area contributed by atoms with Crippen LogP contribution in [-0.4, -0.2) is 46.3 Å². The zero-order valence-electron chi connectivity index (χ0n) is 16.1. The second-order valence-electron chi connectivity index (χ2n) is 5.79. The SMILES string of the molecule is CN=C(NCc1cccc(OC)c1)N(C)Cc1ccc(OC)cc1OC. The third-order valence-corrected chi connectivity index (χ3v) is 4.06. The standard InChI is InChI=1S/C20H27N3O3/c1-21-20(22-13-15-7-6-8-17(11-15)24-3)23(2)14-16-9-10-18(25-4)12-19(16)26-5/h6-12H,13-14H2,1-5H3,(H,21,22). The van der Waals surface area contributed by atoms with Crippen molar-refractivity contribution in [2.45, 2.75) is 13.1 Å². The van der Waals surface area contributed by atoms with Crippen molar-refractivity contribution in [2.75, 3.05) is 35.4 Å². The quantitative estimate of drug-likeness (QED) is 0.610. The molecule has 0 atom stereocenters. The minimum absolute atomic E-state index is 0.658. The van der Waals surface area contributed by atoms with E-state index in [1.165, 1.54) is 0 Å². The van der Waals surface area contributed by atoms with Gasteiger partial charge in [0, 0.05) is 38.8 Å². The number of aliphatic imine (C=N–C) groups is 1. The van der Waals surface area contributed by atoms with Crippen LogP contribution >= 0.6 is 0 Å². The van der Waals surface area contributed by atoms with Crippen molar-refractivity contribution in [3.63, 3.8) is 0 Å². The first kappa shape index (κ1) is 19.4. The highest BCUT2D eigenvalue weighted by Gasteiger charge is 2.11. The highest BCUT2D eigenvalue weighted by Crippen LogP contribution is 2.25. The largest absolute Gasteiger partial charge is 0.497 e. The normalized spacial score (nSPS) is 11.0. The summed E-state index contributed by atoms with van der Waals surface area (Å²) in [6.07, 6.45) is 0. The van der Waals surface area contributed by atoms with Crippen LogP contribution in [0.2, 0.25) is 0 Å². The molecule has 0 aromatic heterocycles. The van der Waals surface area contributed by atoms with Gasteiger partial charge in [0.1, 0.15) is 17.2 Å². The van der Waals surface area contributed by atoms with Crippen molar-refractivity contribution in [1.82, 2.24) is 10.2 Å². The lowest BCUT2D eigenvalue weighted by atomic mass is 10.2. The summed E-state index contributed by atoms with van der Waals surface area (Å²) < 4.78 is 16.0. The summed E-state index contributed by atoms with van der Waals surface area (Å²) in [5.41, 5.74) is 2.18. The molecule has 0 fully saturated rings. The number of ether oxygens (including phenoxy) is 3. The fourth-order valence-electron chi connectivity index (χ4n) is 2.66. The fraction of sp³-hybridized carbons (Fsp3) is 0.350. The van der Waals surface area contributed by atoms with Crippen LogP contribution in [0, 0.1) is 0 Å². The van der Waals surface area contributed by atoms with Crippen LogP contribution in [0.1, 0.15) is 11.1 Å². The van der Waals surface area contributed by atoms with Crippen LogP contribution < -0.4 is 19.5 Å². The third-order valence-electron chi connectivity index (χ3n) is 4.06. The number of hydrogen-bond donors (Lipinski definition) is 1. The van der Waals surface area contributed by atoms with Crippen molar-refractivity contribution in [2.24, 2.45) is 4.99 Å². The summed E-state index contributed by atoms with van der Waals surface area (Å²) in [6.45, 7) is 1.32. The van der Waals surface area contributed by atoms with E-state index in [1.807, 2.05) is 48.3 Å². The molecular weight excluding hydrogens is 330 g/mol. The van der Waals surface area contributed by atoms with Gasteiger partial charge in [0.25, 0.3) is 0 Å². The van der Waals surface area contributed by atoms with E-state index < -0.39 is 0 Å². The molecular formula is C20H27N3O3. The summed E-state index contributed by atoms with van der Waals surface area (Å²) in [5, 5.41) is 3.37. The molecule has 140 valence electrons. The number of nitrogens with zero attached hydrogens (tertiary/aromatic N) is 2. The highest BCUT2D eigenvalue weighted by molar-refractivity contribution is 5.79. The van der Waals surface area contributed by atoms with Gasteiger partial charge in [-0.1, -0.05) is 12.1 Å². The molecule has 1 N–H and O–H groups in total. The lowest BCUT2D eigenvalue weighted by Gasteiger charge is -2.23. The maximum atomic E-state index is 5.48. The maximum Gasteiger partial charge on any atom is 0.193 e. The van der Waals surface area contributed by atoms with Gasteiger partial charge in [0.15, 0.2) is 5.96 Å². The second kappa shape index (κ2) is 9.56. The maximum absolute atomic E-state index is 5.48. The van der Waals surface area contributed by atoms with Crippen LogP contribution in [0.5, 0.6) is 17.2 Å². The number of methoxy groups -OCH3 is 3. The zero-order valence-corrected chi connectivity index (χ0v) is 16.1. The molecule has 0 saturated carbocycles. The van der Waals surface area contributed by atoms with E-state index in [4.69, 9.17) is 14.2 Å². The van der Waals surface area contributed by atoms with Crippen LogP contribution in [0.25, 0.3) is 0 Å². The summed E-state index contributed by atoms with van der Waals surface area (Å²) >= 11 is 0. The van der Waals surface area contributed by atoms with Gasteiger partial charge in [-0.15, -0.1) is 0 Å². The Labute approximate surface area is 155 Å². The number of rotatable bonds is 7. The Balaban J connectivity index is 2.03. The highest BCUT2D eigenvalue weighted by atomic mass is 16.5. The predicted octanol–water partition coefficient (Wildman–Crippen LogP) is 2.92. The van der Waals surface area contributed by atoms with E-state index in [9.17, 15) is 0 Å². The van der Waals surface area contributed by atoms with Crippen molar-refractivity contribution in [3.8, 4) is 17.2 Å². The monoisotopic (exact) mass is 357 g/mol. The molecule has 0 saturated heterocycles. The molecule has 0 amide bonds. The van der Waals surface area contributed by atoms with Gasteiger partial charge >= 0.3 is 0 Å². The van der Waals surface area contributed by atoms with Crippen molar-refractivity contribution in [1.29, 1.82) is 0 Å². The number of nitrogens with one attached hydrogen (secondary N) is 1. The van der Waals surface area contributed by atoms with E-state index in [-0.39, 0.29) is 0 Å². The minimum atomic E-state index is 0.658. The average Bonchev–Trinajstić information content (AvgIpc) is 2.68. The van der Waals surface area contributed by atoms with E-state index in [1.54, 1.807) is 28.4 Å². The molecule has 0 spiro atoms. The Hall–Kier alpha value is -2.89. The number of benzene rings is 2. The first-order chi connectivity index (χ1) is 12.6. The predicted molar refractivity (Wildman–Crippen MR) is 104 cm³/mol. The molecule has 2 aromatic rings. The van der Waals surface area contributed by atoms with Crippen molar-refractivity contribution in [3.05, 3.63) is 53.6 Å².